The van der Waals surface area contributed by atoms with Gasteiger partial charge in [0.25, 0.3) is 0 Å². The topological polar surface area (TPSA) is 99.3 Å². The van der Waals surface area contributed by atoms with Crippen molar-refractivity contribution < 1.29 is 19.8 Å². The van der Waals surface area contributed by atoms with Crippen LogP contribution in [0, 0.1) is 0 Å². The van der Waals surface area contributed by atoms with Crippen LogP contribution in [-0.2, 0) is 9.59 Å². The Morgan fingerprint density at radius 1 is 0.773 bits per heavy atom. The van der Waals surface area contributed by atoms with E-state index >= 15 is 0 Å². The van der Waals surface area contributed by atoms with Crippen molar-refractivity contribution in [1.29, 1.82) is 0 Å². The molecule has 0 atom stereocenters. The Balaban J connectivity index is 2.11. The number of aliphatic carboxylic acids is 2. The normalized spacial score (nSPS) is 18.7. The minimum Gasteiger partial charge on any atom is -0.478 e. The van der Waals surface area contributed by atoms with Gasteiger partial charge in [0.15, 0.2) is 0 Å². The van der Waals surface area contributed by atoms with Crippen LogP contribution in [0.4, 0.5) is 0 Å². The molecular formula is C16H16N2O4. The molecular weight excluding hydrogens is 284 g/mol. The predicted molar refractivity (Wildman–Crippen MR) is 83.1 cm³/mol. The van der Waals surface area contributed by atoms with Crippen molar-refractivity contribution >= 4 is 24.4 Å². The molecule has 114 valence electrons. The molecule has 0 aromatic heterocycles. The van der Waals surface area contributed by atoms with Crippen LogP contribution in [0.3, 0.4) is 0 Å². The van der Waals surface area contributed by atoms with Crippen LogP contribution in [0.2, 0.25) is 0 Å². The van der Waals surface area contributed by atoms with E-state index in [0.29, 0.717) is 48.0 Å². The van der Waals surface area contributed by atoms with E-state index in [-0.39, 0.29) is 0 Å². The second-order valence-electron chi connectivity index (χ2n) is 4.87. The minimum absolute atomic E-state index is 0.312. The van der Waals surface area contributed by atoms with Crippen LogP contribution in [-0.4, -0.2) is 34.6 Å². The molecule has 22 heavy (non-hydrogen) atoms. The fraction of sp³-hybridized carbons (Fsp3) is 0.250. The Hall–Kier alpha value is -2.76. The quantitative estimate of drug-likeness (QED) is 0.463. The van der Waals surface area contributed by atoms with Crippen molar-refractivity contribution in [2.75, 3.05) is 0 Å². The molecule has 0 spiro atoms. The summed E-state index contributed by atoms with van der Waals surface area (Å²) in [6.07, 6.45) is 12.0. The Morgan fingerprint density at radius 2 is 1.14 bits per heavy atom. The number of hydrogen-bond donors (Lipinski definition) is 2. The van der Waals surface area contributed by atoms with E-state index in [4.69, 9.17) is 10.2 Å². The maximum Gasteiger partial charge on any atom is 0.332 e. The summed E-state index contributed by atoms with van der Waals surface area (Å²) in [4.78, 5) is 22.2. The van der Waals surface area contributed by atoms with Crippen LogP contribution in [0.5, 0.6) is 0 Å². The van der Waals surface area contributed by atoms with Gasteiger partial charge in [0.1, 0.15) is 0 Å². The van der Waals surface area contributed by atoms with Crippen molar-refractivity contribution in [3.8, 4) is 0 Å². The summed E-state index contributed by atoms with van der Waals surface area (Å²) >= 11 is 0. The first-order valence-electron chi connectivity index (χ1n) is 6.86. The lowest BCUT2D eigenvalue weighted by atomic mass is 9.98. The monoisotopic (exact) mass is 300 g/mol. The number of allylic oxidation sites excluding steroid dienone is 6. The van der Waals surface area contributed by atoms with Crippen molar-refractivity contribution in [1.82, 2.24) is 0 Å². The summed E-state index contributed by atoms with van der Waals surface area (Å²) in [5, 5.41) is 25.9. The van der Waals surface area contributed by atoms with Crippen molar-refractivity contribution in [3.63, 3.8) is 0 Å². The Bertz CT molecular complexity index is 606. The number of carboxylic acids is 2. The SMILES string of the molecule is O=C(O)C1=C(C=NN=CC2=C(C(=O)O)CC=CC2)CC=CC1. The molecule has 0 heterocycles. The highest BCUT2D eigenvalue weighted by molar-refractivity contribution is 5.98. The van der Waals surface area contributed by atoms with Crippen LogP contribution in [0.25, 0.3) is 0 Å². The molecule has 2 aliphatic rings. The first kappa shape index (κ1) is 15.6. The fourth-order valence-corrected chi connectivity index (χ4v) is 2.25. The molecule has 0 fully saturated rings. The average Bonchev–Trinajstić information content (AvgIpc) is 2.52. The van der Waals surface area contributed by atoms with E-state index in [1.54, 1.807) is 0 Å². The minimum atomic E-state index is -0.955. The molecule has 0 saturated heterocycles. The van der Waals surface area contributed by atoms with Crippen molar-refractivity contribution in [2.24, 2.45) is 10.2 Å². The molecule has 0 aromatic carbocycles. The summed E-state index contributed by atoms with van der Waals surface area (Å²) in [6, 6.07) is 0. The summed E-state index contributed by atoms with van der Waals surface area (Å²) in [5.41, 5.74) is 1.85. The second-order valence-corrected chi connectivity index (χ2v) is 4.87. The van der Waals surface area contributed by atoms with E-state index in [2.05, 4.69) is 10.2 Å². The highest BCUT2D eigenvalue weighted by Crippen LogP contribution is 2.19. The molecule has 2 rings (SSSR count). The lowest BCUT2D eigenvalue weighted by Gasteiger charge is -2.09. The van der Waals surface area contributed by atoms with E-state index in [9.17, 15) is 9.59 Å². The molecule has 0 unspecified atom stereocenters. The number of carboxylic acid groups (broad SMARTS) is 2. The molecule has 2 aliphatic carbocycles. The average molecular weight is 300 g/mol. The fourth-order valence-electron chi connectivity index (χ4n) is 2.25. The first-order valence-corrected chi connectivity index (χ1v) is 6.86. The van der Waals surface area contributed by atoms with Crippen LogP contribution in [0.15, 0.2) is 56.8 Å². The molecule has 0 amide bonds. The van der Waals surface area contributed by atoms with Gasteiger partial charge in [0.05, 0.1) is 12.4 Å². The summed E-state index contributed by atoms with van der Waals surface area (Å²) in [7, 11) is 0. The number of nitrogens with zero attached hydrogens (tertiary/aromatic N) is 2. The zero-order chi connectivity index (χ0) is 15.9. The largest absolute Gasteiger partial charge is 0.478 e. The molecule has 6 nitrogen and oxygen atoms in total. The van der Waals surface area contributed by atoms with E-state index in [1.165, 1.54) is 12.4 Å². The van der Waals surface area contributed by atoms with Gasteiger partial charge in [-0.3, -0.25) is 0 Å². The van der Waals surface area contributed by atoms with Gasteiger partial charge in [0.2, 0.25) is 0 Å². The van der Waals surface area contributed by atoms with E-state index in [1.807, 2.05) is 24.3 Å². The van der Waals surface area contributed by atoms with Gasteiger partial charge >= 0.3 is 11.9 Å². The third kappa shape index (κ3) is 3.88. The zero-order valence-corrected chi connectivity index (χ0v) is 11.9. The smallest absolute Gasteiger partial charge is 0.332 e. The maximum atomic E-state index is 11.1. The lowest BCUT2D eigenvalue weighted by Crippen LogP contribution is -2.07. The van der Waals surface area contributed by atoms with Crippen LogP contribution in [0.1, 0.15) is 25.7 Å². The highest BCUT2D eigenvalue weighted by atomic mass is 16.4. The molecule has 0 saturated carbocycles. The van der Waals surface area contributed by atoms with Gasteiger partial charge in [-0.15, -0.1) is 0 Å². The van der Waals surface area contributed by atoms with Crippen molar-refractivity contribution in [2.45, 2.75) is 25.7 Å². The van der Waals surface area contributed by atoms with Gasteiger partial charge in [-0.05, 0) is 36.8 Å². The van der Waals surface area contributed by atoms with Gasteiger partial charge in [-0.2, -0.15) is 10.2 Å². The summed E-state index contributed by atoms with van der Waals surface area (Å²) in [5.74, 6) is -1.91. The standard InChI is InChI=1S/C16H16N2O4/c19-15(20)13-7-3-1-5-11(13)9-17-18-10-12-6-2-4-8-14(12)16(21)22/h1-4,9-10H,5-8H2,(H,19,20)(H,21,22). The molecule has 0 bridgehead atoms. The molecule has 6 heteroatoms. The van der Waals surface area contributed by atoms with Gasteiger partial charge in [0, 0.05) is 11.1 Å². The van der Waals surface area contributed by atoms with Gasteiger partial charge in [-0.25, -0.2) is 9.59 Å². The zero-order valence-electron chi connectivity index (χ0n) is 11.9. The Morgan fingerprint density at radius 3 is 1.50 bits per heavy atom. The number of carbonyl (C=O) groups is 2. The second kappa shape index (κ2) is 7.31. The molecule has 0 aromatic rings. The van der Waals surface area contributed by atoms with Gasteiger partial charge in [-0.1, -0.05) is 24.3 Å². The lowest BCUT2D eigenvalue weighted by molar-refractivity contribution is -0.133. The van der Waals surface area contributed by atoms with Crippen molar-refractivity contribution in [3.05, 3.63) is 46.6 Å². The Kier molecular flexibility index (Phi) is 5.19. The highest BCUT2D eigenvalue weighted by Gasteiger charge is 2.14. The summed E-state index contributed by atoms with van der Waals surface area (Å²) < 4.78 is 0. The molecule has 2 N–H and O–H groups in total. The summed E-state index contributed by atoms with van der Waals surface area (Å²) in [6.45, 7) is 0. The third-order valence-corrected chi connectivity index (χ3v) is 3.44. The molecule has 0 aliphatic heterocycles. The molecule has 0 radical (unpaired) electrons. The maximum absolute atomic E-state index is 11.1. The number of hydrogen-bond acceptors (Lipinski definition) is 4. The number of rotatable bonds is 5. The first-order chi connectivity index (χ1) is 10.6. The van der Waals surface area contributed by atoms with E-state index < -0.39 is 11.9 Å². The van der Waals surface area contributed by atoms with E-state index in [0.717, 1.165) is 0 Å². The Labute approximate surface area is 127 Å². The van der Waals surface area contributed by atoms with Crippen LogP contribution < -0.4 is 0 Å². The van der Waals surface area contributed by atoms with Gasteiger partial charge < -0.3 is 10.2 Å². The predicted octanol–water partition coefficient (Wildman–Crippen LogP) is 2.51. The van der Waals surface area contributed by atoms with Crippen LogP contribution >= 0.6 is 0 Å². The third-order valence-electron chi connectivity index (χ3n) is 3.44.